The smallest absolute Gasteiger partial charge is 0.230 e. The molecule has 100 valence electrons. The van der Waals surface area contributed by atoms with Crippen molar-refractivity contribution in [3.8, 4) is 0 Å². The molecule has 1 aromatic heterocycles. The number of sulfone groups is 1. The Bertz CT molecular complexity index is 550. The van der Waals surface area contributed by atoms with Crippen molar-refractivity contribution in [3.05, 3.63) is 11.1 Å². The molecule has 1 aliphatic heterocycles. The second-order valence-electron chi connectivity index (χ2n) is 4.46. The topological polar surface area (TPSA) is 102 Å². The number of nitrogens with zero attached hydrogens (tertiary/aromatic N) is 1. The van der Waals surface area contributed by atoms with Gasteiger partial charge in [-0.25, -0.2) is 13.4 Å². The van der Waals surface area contributed by atoms with Crippen molar-refractivity contribution in [1.82, 2.24) is 4.98 Å². The first-order valence-corrected chi connectivity index (χ1v) is 8.30. The summed E-state index contributed by atoms with van der Waals surface area (Å²) < 4.78 is 22.6. The van der Waals surface area contributed by atoms with Crippen LogP contribution < -0.4 is 11.1 Å². The molecular formula is C10H15N3O3S2. The molecule has 1 fully saturated rings. The summed E-state index contributed by atoms with van der Waals surface area (Å²) in [6.45, 7) is 1.81. The number of nitrogens with two attached hydrogens (primary N) is 1. The number of hydrogen-bond donors (Lipinski definition) is 2. The average Bonchev–Trinajstić information content (AvgIpc) is 2.84. The van der Waals surface area contributed by atoms with E-state index in [1.165, 1.54) is 11.3 Å². The SMILES string of the molecule is CC(N)c1csc(NC(=O)C2CCS(=O)(=O)C2)n1. The highest BCUT2D eigenvalue weighted by atomic mass is 32.2. The molecule has 0 radical (unpaired) electrons. The summed E-state index contributed by atoms with van der Waals surface area (Å²) in [5.74, 6) is -0.711. The molecule has 2 atom stereocenters. The summed E-state index contributed by atoms with van der Waals surface area (Å²) in [4.78, 5) is 16.0. The predicted molar refractivity (Wildman–Crippen MR) is 70.1 cm³/mol. The second-order valence-corrected chi connectivity index (χ2v) is 7.54. The number of anilines is 1. The first-order valence-electron chi connectivity index (χ1n) is 5.60. The lowest BCUT2D eigenvalue weighted by molar-refractivity contribution is -0.119. The van der Waals surface area contributed by atoms with Gasteiger partial charge in [-0.15, -0.1) is 11.3 Å². The summed E-state index contributed by atoms with van der Waals surface area (Å²) in [6.07, 6.45) is 0.389. The molecule has 0 bridgehead atoms. The molecule has 2 rings (SSSR count). The number of hydrogen-bond acceptors (Lipinski definition) is 6. The highest BCUT2D eigenvalue weighted by Gasteiger charge is 2.33. The van der Waals surface area contributed by atoms with Crippen LogP contribution in [0.4, 0.5) is 5.13 Å². The molecule has 0 saturated carbocycles. The molecule has 2 unspecified atom stereocenters. The third kappa shape index (κ3) is 3.06. The molecule has 2 heterocycles. The molecule has 0 aliphatic carbocycles. The van der Waals surface area contributed by atoms with E-state index in [1.807, 2.05) is 6.92 Å². The highest BCUT2D eigenvalue weighted by molar-refractivity contribution is 7.91. The van der Waals surface area contributed by atoms with E-state index in [0.29, 0.717) is 17.2 Å². The van der Waals surface area contributed by atoms with E-state index >= 15 is 0 Å². The number of aromatic nitrogens is 1. The Balaban J connectivity index is 1.99. The number of carbonyl (C=O) groups excluding carboxylic acids is 1. The first-order chi connectivity index (χ1) is 8.37. The number of thiazole rings is 1. The van der Waals surface area contributed by atoms with Gasteiger partial charge in [-0.1, -0.05) is 0 Å². The predicted octanol–water partition coefficient (Wildman–Crippen LogP) is 0.536. The van der Waals surface area contributed by atoms with Crippen LogP contribution >= 0.6 is 11.3 Å². The van der Waals surface area contributed by atoms with Gasteiger partial charge in [-0.05, 0) is 13.3 Å². The van der Waals surface area contributed by atoms with Crippen molar-refractivity contribution in [2.24, 2.45) is 11.7 Å². The zero-order chi connectivity index (χ0) is 13.3. The van der Waals surface area contributed by atoms with Crippen molar-refractivity contribution in [3.63, 3.8) is 0 Å². The minimum atomic E-state index is -3.04. The van der Waals surface area contributed by atoms with Gasteiger partial charge in [0.2, 0.25) is 5.91 Å². The Morgan fingerprint density at radius 1 is 1.67 bits per heavy atom. The van der Waals surface area contributed by atoms with Crippen LogP contribution in [0.1, 0.15) is 25.1 Å². The maximum absolute atomic E-state index is 11.8. The molecule has 8 heteroatoms. The lowest BCUT2D eigenvalue weighted by atomic mass is 10.1. The van der Waals surface area contributed by atoms with Crippen LogP contribution in [-0.2, 0) is 14.6 Å². The molecule has 18 heavy (non-hydrogen) atoms. The first kappa shape index (κ1) is 13.4. The van der Waals surface area contributed by atoms with E-state index in [0.717, 1.165) is 0 Å². The molecule has 1 saturated heterocycles. The number of nitrogens with one attached hydrogen (secondary N) is 1. The molecule has 0 aromatic carbocycles. The zero-order valence-electron chi connectivity index (χ0n) is 9.92. The lowest BCUT2D eigenvalue weighted by Crippen LogP contribution is -2.23. The molecule has 6 nitrogen and oxygen atoms in total. The van der Waals surface area contributed by atoms with Crippen LogP contribution in [-0.4, -0.2) is 30.8 Å². The van der Waals surface area contributed by atoms with Crippen LogP contribution in [0.3, 0.4) is 0 Å². The van der Waals surface area contributed by atoms with Crippen molar-refractivity contribution in [1.29, 1.82) is 0 Å². The van der Waals surface area contributed by atoms with Gasteiger partial charge >= 0.3 is 0 Å². The fourth-order valence-corrected chi connectivity index (χ4v) is 4.32. The molecule has 0 spiro atoms. The van der Waals surface area contributed by atoms with Gasteiger partial charge < -0.3 is 11.1 Å². The molecule has 1 amide bonds. The van der Waals surface area contributed by atoms with Crippen molar-refractivity contribution >= 4 is 32.2 Å². The van der Waals surface area contributed by atoms with Crippen molar-refractivity contribution < 1.29 is 13.2 Å². The summed E-state index contributed by atoms with van der Waals surface area (Å²) in [7, 11) is -3.04. The largest absolute Gasteiger partial charge is 0.323 e. The Morgan fingerprint density at radius 2 is 2.39 bits per heavy atom. The molecule has 1 aliphatic rings. The van der Waals surface area contributed by atoms with Crippen molar-refractivity contribution in [2.45, 2.75) is 19.4 Å². The van der Waals surface area contributed by atoms with E-state index in [9.17, 15) is 13.2 Å². The van der Waals surface area contributed by atoms with E-state index in [2.05, 4.69) is 10.3 Å². The zero-order valence-corrected chi connectivity index (χ0v) is 11.6. The van der Waals surface area contributed by atoms with Gasteiger partial charge in [0, 0.05) is 11.4 Å². The van der Waals surface area contributed by atoms with E-state index in [1.54, 1.807) is 5.38 Å². The fraction of sp³-hybridized carbons (Fsp3) is 0.600. The highest BCUT2D eigenvalue weighted by Crippen LogP contribution is 2.23. The molecular weight excluding hydrogens is 274 g/mol. The van der Waals surface area contributed by atoms with Gasteiger partial charge in [-0.3, -0.25) is 4.79 Å². The molecule has 1 aromatic rings. The Labute approximate surface area is 110 Å². The maximum Gasteiger partial charge on any atom is 0.230 e. The third-order valence-corrected chi connectivity index (χ3v) is 5.37. The maximum atomic E-state index is 11.8. The number of amides is 1. The normalized spacial score (nSPS) is 23.8. The lowest BCUT2D eigenvalue weighted by Gasteiger charge is -2.06. The minimum Gasteiger partial charge on any atom is -0.323 e. The number of carbonyl (C=O) groups is 1. The fourth-order valence-electron chi connectivity index (χ4n) is 1.76. The van der Waals surface area contributed by atoms with Crippen LogP contribution in [0.2, 0.25) is 0 Å². The van der Waals surface area contributed by atoms with E-state index < -0.39 is 15.8 Å². The van der Waals surface area contributed by atoms with Gasteiger partial charge in [0.1, 0.15) is 0 Å². The quantitative estimate of drug-likeness (QED) is 0.845. The number of rotatable bonds is 3. The molecule has 3 N–H and O–H groups in total. The summed E-state index contributed by atoms with van der Waals surface area (Å²) >= 11 is 1.29. The van der Waals surface area contributed by atoms with E-state index in [-0.39, 0.29) is 23.5 Å². The summed E-state index contributed by atoms with van der Waals surface area (Å²) in [6, 6.07) is -0.182. The van der Waals surface area contributed by atoms with Crippen LogP contribution in [0.5, 0.6) is 0 Å². The Kier molecular flexibility index (Phi) is 3.69. The van der Waals surface area contributed by atoms with Crippen LogP contribution in [0.15, 0.2) is 5.38 Å². The van der Waals surface area contributed by atoms with Crippen LogP contribution in [0, 0.1) is 5.92 Å². The van der Waals surface area contributed by atoms with Crippen molar-refractivity contribution in [2.75, 3.05) is 16.8 Å². The van der Waals surface area contributed by atoms with Gasteiger partial charge in [-0.2, -0.15) is 0 Å². The monoisotopic (exact) mass is 289 g/mol. The summed E-state index contributed by atoms with van der Waals surface area (Å²) in [5, 5.41) is 4.90. The van der Waals surface area contributed by atoms with Gasteiger partial charge in [0.15, 0.2) is 15.0 Å². The second kappa shape index (κ2) is 4.94. The Hall–Kier alpha value is -0.990. The van der Waals surface area contributed by atoms with Gasteiger partial charge in [0.25, 0.3) is 0 Å². The Morgan fingerprint density at radius 3 is 2.89 bits per heavy atom. The van der Waals surface area contributed by atoms with Gasteiger partial charge in [0.05, 0.1) is 23.1 Å². The minimum absolute atomic E-state index is 0.0651. The summed E-state index contributed by atoms with van der Waals surface area (Å²) in [5.41, 5.74) is 6.38. The average molecular weight is 289 g/mol. The van der Waals surface area contributed by atoms with E-state index in [4.69, 9.17) is 5.73 Å². The third-order valence-electron chi connectivity index (χ3n) is 2.82. The standard InChI is InChI=1S/C10H15N3O3S2/c1-6(11)8-4-17-10(12-8)13-9(14)7-2-3-18(15,16)5-7/h4,6-7H,2-3,5,11H2,1H3,(H,12,13,14). The van der Waals surface area contributed by atoms with Crippen LogP contribution in [0.25, 0.3) is 0 Å².